The number of fused-ring (bicyclic) bond motifs is 6. The molecule has 2 bridgehead atoms. The molecule has 0 aromatic carbocycles. The van der Waals surface area contributed by atoms with Gasteiger partial charge in [0.1, 0.15) is 23.2 Å². The number of methoxy groups -OCH3 is 1. The van der Waals surface area contributed by atoms with Gasteiger partial charge in [-0.2, -0.15) is 12.8 Å². The summed E-state index contributed by atoms with van der Waals surface area (Å²) in [6.45, 7) is 20.0. The van der Waals surface area contributed by atoms with E-state index in [1.807, 2.05) is 41.8 Å². The Labute approximate surface area is 315 Å². The van der Waals surface area contributed by atoms with Crippen LogP contribution in [0.25, 0.3) is 0 Å². The maximum Gasteiger partial charge on any atom is 0.319 e. The van der Waals surface area contributed by atoms with Crippen LogP contribution in [0.1, 0.15) is 94.9 Å². The van der Waals surface area contributed by atoms with Crippen LogP contribution >= 0.6 is 0 Å². The summed E-state index contributed by atoms with van der Waals surface area (Å²) >= 11 is 0. The Hall–Kier alpha value is -0.0361. The van der Waals surface area contributed by atoms with Crippen molar-refractivity contribution in [3.05, 3.63) is 5.92 Å². The molecular weight excluding hydrogens is 691 g/mol. The molecule has 2 unspecified atom stereocenters. The zero-order valence-electron chi connectivity index (χ0n) is 31.9. The van der Waals surface area contributed by atoms with Gasteiger partial charge in [0.15, 0.2) is 12.1 Å². The van der Waals surface area contributed by atoms with Gasteiger partial charge in [0.05, 0.1) is 37.1 Å². The molecule has 1 N–H and O–H groups in total. The first kappa shape index (κ1) is 42.4. The predicted octanol–water partition coefficient (Wildman–Crippen LogP) is 4.83. The zero-order chi connectivity index (χ0) is 35.2. The minimum atomic E-state index is -1.53. The van der Waals surface area contributed by atoms with Crippen LogP contribution in [-0.4, -0.2) is 110 Å². The average Bonchev–Trinajstić information content (AvgIpc) is 3.76. The summed E-state index contributed by atoms with van der Waals surface area (Å²) in [5.41, 5.74) is -3.96. The Morgan fingerprint density at radius 3 is 2.23 bits per heavy atom. The smallest absolute Gasteiger partial charge is 0.319 e. The molecule has 3 heterocycles. The molecule has 3 saturated heterocycles. The molecular formula is C37H64NO9Y-. The molecule has 3 aliphatic heterocycles. The second-order valence-electron chi connectivity index (χ2n) is 16.4. The number of hydrogen-bond acceptors (Lipinski definition) is 10. The maximum atomic E-state index is 14.6. The van der Waals surface area contributed by atoms with Crippen molar-refractivity contribution < 1.29 is 75.8 Å². The van der Waals surface area contributed by atoms with Gasteiger partial charge in [0.25, 0.3) is 0 Å². The molecule has 14 atom stereocenters. The van der Waals surface area contributed by atoms with Crippen molar-refractivity contribution in [2.24, 2.45) is 35.0 Å². The first-order valence-electron chi connectivity index (χ1n) is 17.9. The third kappa shape index (κ3) is 8.60. The molecule has 4 aliphatic rings. The quantitative estimate of drug-likeness (QED) is 0.238. The van der Waals surface area contributed by atoms with Crippen LogP contribution in [-0.2, 0) is 70.7 Å². The van der Waals surface area contributed by atoms with Crippen molar-refractivity contribution in [2.45, 2.75) is 149 Å². The van der Waals surface area contributed by atoms with Crippen molar-refractivity contribution >= 4 is 11.8 Å². The van der Waals surface area contributed by atoms with E-state index in [0.29, 0.717) is 32.0 Å². The van der Waals surface area contributed by atoms with E-state index >= 15 is 0 Å². The number of cyclic esters (lactones) is 1. The van der Waals surface area contributed by atoms with Gasteiger partial charge < -0.3 is 44.3 Å². The normalized spacial score (nSPS) is 46.2. The van der Waals surface area contributed by atoms with Crippen LogP contribution < -0.4 is 0 Å². The first-order chi connectivity index (χ1) is 21.8. The van der Waals surface area contributed by atoms with Crippen LogP contribution in [0.2, 0.25) is 0 Å². The van der Waals surface area contributed by atoms with Gasteiger partial charge in [-0.25, -0.2) is 0 Å². The number of ketones is 1. The standard InChI is InChI=1S/C37H64NO9.Y/c1-14-28-37(10,41)32-23(5)22(4)20(2)17-36(9,44-19-26-16-25(26)18-43-32)31(24(6)30(39)35(7,8)34(40)46-28)47-33-29(42-13)27(38(11)12)15-21(3)45-33;/h20-21,23-29,31-33,41H,14-19H2,1-13H3;/q-1;/t20-,21-,23+,24+,25?,26?,27+,28-,29-,31-,32-,33+,36+,37-;/m1./s1. The number of hydrogen-bond donors (Lipinski definition) is 1. The average molecular weight is 756 g/mol. The molecule has 4 rings (SSSR count). The fourth-order valence-electron chi connectivity index (χ4n) is 8.49. The largest absolute Gasteiger partial charge is 0.458 e. The van der Waals surface area contributed by atoms with Gasteiger partial charge in [-0.3, -0.25) is 9.59 Å². The first-order valence-corrected chi connectivity index (χ1v) is 17.9. The van der Waals surface area contributed by atoms with E-state index in [0.717, 1.165) is 18.8 Å². The summed E-state index contributed by atoms with van der Waals surface area (Å²) in [5, 5.41) is 12.2. The van der Waals surface area contributed by atoms with Gasteiger partial charge in [-0.15, -0.1) is 5.92 Å². The number of rotatable bonds is 5. The monoisotopic (exact) mass is 755 g/mol. The second-order valence-corrected chi connectivity index (χ2v) is 16.4. The Morgan fingerprint density at radius 1 is 1.02 bits per heavy atom. The Morgan fingerprint density at radius 2 is 1.65 bits per heavy atom. The molecule has 1 saturated carbocycles. The summed E-state index contributed by atoms with van der Waals surface area (Å²) in [7, 11) is 5.71. The van der Waals surface area contributed by atoms with E-state index in [1.54, 1.807) is 27.9 Å². The van der Waals surface area contributed by atoms with E-state index < -0.39 is 59.2 Å². The van der Waals surface area contributed by atoms with Crippen LogP contribution in [0.5, 0.6) is 0 Å². The van der Waals surface area contributed by atoms with Gasteiger partial charge in [0, 0.05) is 51.8 Å². The number of carbonyl (C=O) groups is 2. The van der Waals surface area contributed by atoms with E-state index in [4.69, 9.17) is 28.4 Å². The topological polar surface area (TPSA) is 113 Å². The molecule has 0 aromatic heterocycles. The van der Waals surface area contributed by atoms with Gasteiger partial charge in [0.2, 0.25) is 0 Å². The van der Waals surface area contributed by atoms with Crippen molar-refractivity contribution in [3.63, 3.8) is 0 Å². The zero-order valence-corrected chi connectivity index (χ0v) is 34.7. The number of nitrogens with zero attached hydrogens (tertiary/aromatic N) is 1. The van der Waals surface area contributed by atoms with Crippen molar-refractivity contribution in [3.8, 4) is 0 Å². The number of esters is 1. The van der Waals surface area contributed by atoms with Crippen molar-refractivity contribution in [1.29, 1.82) is 0 Å². The van der Waals surface area contributed by atoms with Crippen LogP contribution in [0.15, 0.2) is 0 Å². The van der Waals surface area contributed by atoms with Gasteiger partial charge in [-0.05, 0) is 86.2 Å². The third-order valence-electron chi connectivity index (χ3n) is 12.1. The molecule has 0 aromatic rings. The molecule has 10 nitrogen and oxygen atoms in total. The third-order valence-corrected chi connectivity index (χ3v) is 12.1. The minimum absolute atomic E-state index is 0. The second kappa shape index (κ2) is 16.3. The SMILES string of the molecule is CC[C@H]1OC(=O)C(C)(C)C(=O)[C@H](C)[C@@H](O[C@@H]2O[C@H](C)C[C@H](N(C)C)[C@H]2OC)[C@]2(C)C[C@@H](C)[C-](C)[C@H](C)[C@@H](OCC3CC3CO2)[C@]1(C)O.[Y]. The Kier molecular flexibility index (Phi) is 14.4. The Bertz CT molecular complexity index is 1100. The van der Waals surface area contributed by atoms with Crippen LogP contribution in [0, 0.1) is 40.9 Å². The van der Waals surface area contributed by atoms with Crippen LogP contribution in [0.4, 0.5) is 0 Å². The molecule has 1 aliphatic carbocycles. The number of carbonyl (C=O) groups excluding carboxylic acids is 2. The summed E-state index contributed by atoms with van der Waals surface area (Å²) < 4.78 is 39.1. The van der Waals surface area contributed by atoms with Crippen molar-refractivity contribution in [2.75, 3.05) is 34.4 Å². The van der Waals surface area contributed by atoms with Gasteiger partial charge >= 0.3 is 5.97 Å². The van der Waals surface area contributed by atoms with E-state index in [9.17, 15) is 14.7 Å². The molecule has 4 fully saturated rings. The maximum absolute atomic E-state index is 14.6. The van der Waals surface area contributed by atoms with E-state index in [-0.39, 0.29) is 68.4 Å². The predicted molar refractivity (Wildman–Crippen MR) is 178 cm³/mol. The summed E-state index contributed by atoms with van der Waals surface area (Å²) in [5.74, 6) is -0.203. The number of ether oxygens (including phenoxy) is 6. The number of Topliss-reactive ketones (excluding diaryl/α,β-unsaturated/α-hetero) is 1. The molecule has 0 amide bonds. The van der Waals surface area contributed by atoms with Crippen LogP contribution in [0.3, 0.4) is 0 Å². The van der Waals surface area contributed by atoms with E-state index in [2.05, 4.69) is 25.7 Å². The number of likely N-dealkylation sites (N-methyl/N-ethyl adjacent to an activating group) is 1. The fourth-order valence-corrected chi connectivity index (χ4v) is 8.49. The Balaban J connectivity index is 0.00000625. The minimum Gasteiger partial charge on any atom is -0.458 e. The summed E-state index contributed by atoms with van der Waals surface area (Å²) in [6, 6.07) is 0.0352. The molecule has 0 spiro atoms. The molecule has 275 valence electrons. The molecule has 11 heteroatoms. The fraction of sp³-hybridized carbons (Fsp3) is 0.919. The number of aliphatic hydroxyl groups is 1. The molecule has 1 radical (unpaired) electrons. The molecule has 48 heavy (non-hydrogen) atoms. The summed E-state index contributed by atoms with van der Waals surface area (Å²) in [4.78, 5) is 30.7. The summed E-state index contributed by atoms with van der Waals surface area (Å²) in [6.07, 6.45) is -0.894. The van der Waals surface area contributed by atoms with E-state index in [1.165, 1.54) is 0 Å². The van der Waals surface area contributed by atoms with Crippen molar-refractivity contribution in [1.82, 2.24) is 4.90 Å². The van der Waals surface area contributed by atoms with Gasteiger partial charge in [-0.1, -0.05) is 27.7 Å².